The third-order valence-electron chi connectivity index (χ3n) is 2.30. The number of carboxylic acid groups (broad SMARTS) is 1. The summed E-state index contributed by atoms with van der Waals surface area (Å²) in [6, 6.07) is 5.57. The third-order valence-corrected chi connectivity index (χ3v) is 2.30. The quantitative estimate of drug-likeness (QED) is 0.669. The van der Waals surface area contributed by atoms with Crippen LogP contribution in [0.4, 0.5) is 0 Å². The fraction of sp³-hybridized carbons (Fsp3) is 0.364. The molecule has 5 nitrogen and oxygen atoms in total. The van der Waals surface area contributed by atoms with Gasteiger partial charge in [-0.05, 0) is 11.1 Å². The minimum atomic E-state index is -1.34. The highest BCUT2D eigenvalue weighted by Gasteiger charge is 2.25. The summed E-state index contributed by atoms with van der Waals surface area (Å²) in [6.45, 7) is 0.305. The first-order valence-corrected chi connectivity index (χ1v) is 4.81. The van der Waals surface area contributed by atoms with E-state index in [1.807, 2.05) is 0 Å². The van der Waals surface area contributed by atoms with E-state index in [-0.39, 0.29) is 0 Å². The Morgan fingerprint density at radius 2 is 2.12 bits per heavy atom. The molecule has 88 valence electrons. The minimum absolute atomic E-state index is 0.305. The van der Waals surface area contributed by atoms with E-state index in [4.69, 9.17) is 15.6 Å². The summed E-state index contributed by atoms with van der Waals surface area (Å²) in [6.07, 6.45) is -1.23. The molecule has 1 aromatic carbocycles. The number of carbonyl (C=O) groups is 1. The van der Waals surface area contributed by atoms with Crippen LogP contribution in [0.15, 0.2) is 24.3 Å². The summed E-state index contributed by atoms with van der Waals surface area (Å²) in [5, 5.41) is 18.5. The van der Waals surface area contributed by atoms with E-state index in [1.165, 1.54) is 7.11 Å². The summed E-state index contributed by atoms with van der Waals surface area (Å²) >= 11 is 0. The molecule has 0 amide bonds. The summed E-state index contributed by atoms with van der Waals surface area (Å²) in [7, 11) is 1.53. The van der Waals surface area contributed by atoms with E-state index in [0.717, 1.165) is 5.56 Å². The predicted molar refractivity (Wildman–Crippen MR) is 57.7 cm³/mol. The second-order valence-electron chi connectivity index (χ2n) is 3.44. The number of nitrogens with two attached hydrogens (primary N) is 1. The normalized spacial score (nSPS) is 14.4. The molecule has 0 saturated heterocycles. The summed E-state index contributed by atoms with van der Waals surface area (Å²) in [5.41, 5.74) is 6.58. The Labute approximate surface area is 93.5 Å². The van der Waals surface area contributed by atoms with Crippen molar-refractivity contribution >= 4 is 5.97 Å². The van der Waals surface area contributed by atoms with Crippen LogP contribution in [0.3, 0.4) is 0 Å². The molecule has 2 unspecified atom stereocenters. The Hall–Kier alpha value is -1.43. The van der Waals surface area contributed by atoms with Gasteiger partial charge in [-0.15, -0.1) is 0 Å². The first kappa shape index (κ1) is 12.6. The Balaban J connectivity index is 2.97. The highest BCUT2D eigenvalue weighted by atomic mass is 16.5. The van der Waals surface area contributed by atoms with Gasteiger partial charge in [-0.25, -0.2) is 0 Å². The SMILES string of the molecule is COCc1ccccc1C(O)C(N)C(=O)O. The van der Waals surface area contributed by atoms with Gasteiger partial charge in [-0.3, -0.25) is 4.79 Å². The number of aliphatic hydroxyl groups excluding tert-OH is 1. The largest absolute Gasteiger partial charge is 0.480 e. The fourth-order valence-corrected chi connectivity index (χ4v) is 1.44. The average molecular weight is 225 g/mol. The topological polar surface area (TPSA) is 92.8 Å². The second kappa shape index (κ2) is 5.60. The minimum Gasteiger partial charge on any atom is -0.480 e. The van der Waals surface area contributed by atoms with Gasteiger partial charge in [0, 0.05) is 7.11 Å². The van der Waals surface area contributed by atoms with E-state index in [9.17, 15) is 9.90 Å². The molecule has 2 atom stereocenters. The standard InChI is InChI=1S/C11H15NO4/c1-16-6-7-4-2-3-5-8(7)10(13)9(12)11(14)15/h2-5,9-10,13H,6,12H2,1H3,(H,14,15). The molecule has 0 heterocycles. The van der Waals surface area contributed by atoms with E-state index < -0.39 is 18.1 Å². The van der Waals surface area contributed by atoms with Crippen LogP contribution in [0.2, 0.25) is 0 Å². The van der Waals surface area contributed by atoms with Crippen LogP contribution in [0.25, 0.3) is 0 Å². The van der Waals surface area contributed by atoms with Gasteiger partial charge in [0.2, 0.25) is 0 Å². The molecule has 0 spiro atoms. The maximum Gasteiger partial charge on any atom is 0.323 e. The molecule has 0 aliphatic carbocycles. The predicted octanol–water partition coefficient (Wildman–Crippen LogP) is 0.278. The van der Waals surface area contributed by atoms with Crippen LogP contribution < -0.4 is 5.73 Å². The zero-order valence-electron chi connectivity index (χ0n) is 8.96. The van der Waals surface area contributed by atoms with Gasteiger partial charge in [0.25, 0.3) is 0 Å². The van der Waals surface area contributed by atoms with Gasteiger partial charge in [0.1, 0.15) is 12.1 Å². The van der Waals surface area contributed by atoms with E-state index in [2.05, 4.69) is 0 Å². The van der Waals surface area contributed by atoms with Crippen molar-refractivity contribution in [3.05, 3.63) is 35.4 Å². The van der Waals surface area contributed by atoms with Crippen molar-refractivity contribution in [3.63, 3.8) is 0 Å². The molecular formula is C11H15NO4. The van der Waals surface area contributed by atoms with Crippen LogP contribution in [-0.4, -0.2) is 29.3 Å². The van der Waals surface area contributed by atoms with Gasteiger partial charge in [0.05, 0.1) is 6.61 Å². The van der Waals surface area contributed by atoms with Gasteiger partial charge in [-0.1, -0.05) is 24.3 Å². The summed E-state index contributed by atoms with van der Waals surface area (Å²) in [5.74, 6) is -1.24. The number of hydrogen-bond acceptors (Lipinski definition) is 4. The number of hydrogen-bond donors (Lipinski definition) is 3. The molecule has 0 aromatic heterocycles. The lowest BCUT2D eigenvalue weighted by Gasteiger charge is -2.18. The highest BCUT2D eigenvalue weighted by molar-refractivity contribution is 5.74. The highest BCUT2D eigenvalue weighted by Crippen LogP contribution is 2.21. The molecule has 0 aliphatic heterocycles. The lowest BCUT2D eigenvalue weighted by Crippen LogP contribution is -2.36. The first-order chi connectivity index (χ1) is 7.57. The number of rotatable bonds is 5. The van der Waals surface area contributed by atoms with Crippen LogP contribution in [0.5, 0.6) is 0 Å². The molecular weight excluding hydrogens is 210 g/mol. The van der Waals surface area contributed by atoms with Crippen LogP contribution in [0, 0.1) is 0 Å². The van der Waals surface area contributed by atoms with Gasteiger partial charge < -0.3 is 20.7 Å². The lowest BCUT2D eigenvalue weighted by atomic mass is 9.98. The molecule has 0 radical (unpaired) electrons. The van der Waals surface area contributed by atoms with Crippen molar-refractivity contribution < 1.29 is 19.7 Å². The van der Waals surface area contributed by atoms with E-state index in [1.54, 1.807) is 24.3 Å². The molecule has 0 saturated carbocycles. The zero-order chi connectivity index (χ0) is 12.1. The number of carboxylic acids is 1. The second-order valence-corrected chi connectivity index (χ2v) is 3.44. The first-order valence-electron chi connectivity index (χ1n) is 4.81. The molecule has 16 heavy (non-hydrogen) atoms. The zero-order valence-corrected chi connectivity index (χ0v) is 8.96. The lowest BCUT2D eigenvalue weighted by molar-refractivity contribution is -0.141. The molecule has 1 rings (SSSR count). The maximum absolute atomic E-state index is 10.7. The number of methoxy groups -OCH3 is 1. The van der Waals surface area contributed by atoms with Gasteiger partial charge in [-0.2, -0.15) is 0 Å². The Morgan fingerprint density at radius 3 is 2.69 bits per heavy atom. The monoisotopic (exact) mass is 225 g/mol. The van der Waals surface area contributed by atoms with Crippen molar-refractivity contribution in [2.75, 3.05) is 7.11 Å². The van der Waals surface area contributed by atoms with Crippen molar-refractivity contribution in [1.82, 2.24) is 0 Å². The van der Waals surface area contributed by atoms with Crippen molar-refractivity contribution in [2.45, 2.75) is 18.8 Å². The molecule has 0 aliphatic rings. The van der Waals surface area contributed by atoms with Crippen molar-refractivity contribution in [3.8, 4) is 0 Å². The summed E-state index contributed by atoms with van der Waals surface area (Å²) < 4.78 is 4.96. The number of aliphatic carboxylic acids is 1. The van der Waals surface area contributed by atoms with Crippen LogP contribution in [-0.2, 0) is 16.1 Å². The van der Waals surface area contributed by atoms with Gasteiger partial charge in [0.15, 0.2) is 0 Å². The smallest absolute Gasteiger partial charge is 0.323 e. The van der Waals surface area contributed by atoms with E-state index >= 15 is 0 Å². The number of aliphatic hydroxyl groups is 1. The molecule has 1 aromatic rings. The number of ether oxygens (including phenoxy) is 1. The summed E-state index contributed by atoms with van der Waals surface area (Å²) in [4.78, 5) is 10.7. The Bertz CT molecular complexity index is 367. The Morgan fingerprint density at radius 1 is 1.50 bits per heavy atom. The molecule has 5 heteroatoms. The van der Waals surface area contributed by atoms with Crippen molar-refractivity contribution in [1.29, 1.82) is 0 Å². The van der Waals surface area contributed by atoms with Crippen LogP contribution in [0.1, 0.15) is 17.2 Å². The Kier molecular flexibility index (Phi) is 4.42. The molecule has 4 N–H and O–H groups in total. The van der Waals surface area contributed by atoms with Crippen LogP contribution >= 0.6 is 0 Å². The number of benzene rings is 1. The van der Waals surface area contributed by atoms with Crippen molar-refractivity contribution in [2.24, 2.45) is 5.73 Å². The third kappa shape index (κ3) is 2.79. The van der Waals surface area contributed by atoms with E-state index in [0.29, 0.717) is 12.2 Å². The molecule has 0 fully saturated rings. The molecule has 0 bridgehead atoms. The fourth-order valence-electron chi connectivity index (χ4n) is 1.44. The average Bonchev–Trinajstić information content (AvgIpc) is 2.28. The van der Waals surface area contributed by atoms with Gasteiger partial charge >= 0.3 is 5.97 Å². The maximum atomic E-state index is 10.7.